The maximum atomic E-state index is 13.5. The monoisotopic (exact) mass is 510 g/mol. The number of aromatic nitrogens is 2. The van der Waals surface area contributed by atoms with Crippen molar-refractivity contribution < 1.29 is 4.39 Å². The van der Waals surface area contributed by atoms with Crippen LogP contribution in [0.2, 0.25) is 0 Å². The average Bonchev–Trinajstić information content (AvgIpc) is 3.39. The third-order valence-corrected chi connectivity index (χ3v) is 8.56. The molecule has 1 aromatic heterocycles. The normalized spacial score (nSPS) is 20.4. The summed E-state index contributed by atoms with van der Waals surface area (Å²) >= 11 is 5.72. The molecule has 0 bridgehead atoms. The number of benzene rings is 1. The minimum Gasteiger partial charge on any atom is -0.361 e. The fourth-order valence-electron chi connectivity index (χ4n) is 5.98. The van der Waals surface area contributed by atoms with E-state index in [1.54, 1.807) is 12.1 Å². The Bertz CT molecular complexity index is 1020. The molecule has 0 amide bonds. The van der Waals surface area contributed by atoms with Crippen molar-refractivity contribution in [1.29, 1.82) is 0 Å². The van der Waals surface area contributed by atoms with Crippen LogP contribution in [-0.4, -0.2) is 47.8 Å². The van der Waals surface area contributed by atoms with Crippen LogP contribution >= 0.6 is 12.2 Å². The second-order valence-electron chi connectivity index (χ2n) is 10.9. The summed E-state index contributed by atoms with van der Waals surface area (Å²) in [5.41, 5.74) is 1.16. The number of anilines is 3. The van der Waals surface area contributed by atoms with Gasteiger partial charge in [0.25, 0.3) is 0 Å². The number of hydrogen-bond donors (Lipinski definition) is 2. The number of nitrogens with zero attached hydrogens (tertiary/aromatic N) is 4. The first-order valence-electron chi connectivity index (χ1n) is 13.7. The number of piperidine rings is 2. The molecule has 2 aromatic rings. The van der Waals surface area contributed by atoms with Gasteiger partial charge in [-0.3, -0.25) is 0 Å². The van der Waals surface area contributed by atoms with Gasteiger partial charge in [0.1, 0.15) is 17.5 Å². The molecular formula is C28H39FN6S. The summed E-state index contributed by atoms with van der Waals surface area (Å²) in [6.45, 7) is 7.18. The summed E-state index contributed by atoms with van der Waals surface area (Å²) in [6.07, 6.45) is 10.6. The van der Waals surface area contributed by atoms with E-state index in [2.05, 4.69) is 33.4 Å². The quantitative estimate of drug-likeness (QED) is 0.488. The zero-order valence-corrected chi connectivity index (χ0v) is 22.3. The Morgan fingerprint density at radius 2 is 1.56 bits per heavy atom. The van der Waals surface area contributed by atoms with E-state index in [-0.39, 0.29) is 11.2 Å². The fraction of sp³-hybridized carbons (Fsp3) is 0.607. The van der Waals surface area contributed by atoms with Gasteiger partial charge < -0.3 is 20.4 Å². The van der Waals surface area contributed by atoms with Gasteiger partial charge in [-0.1, -0.05) is 31.9 Å². The van der Waals surface area contributed by atoms with Crippen molar-refractivity contribution in [3.8, 4) is 0 Å². The molecule has 2 aliphatic heterocycles. The zero-order valence-electron chi connectivity index (χ0n) is 21.4. The zero-order chi connectivity index (χ0) is 25.0. The van der Waals surface area contributed by atoms with E-state index < -0.39 is 0 Å². The van der Waals surface area contributed by atoms with Crippen LogP contribution < -0.4 is 20.4 Å². The largest absolute Gasteiger partial charge is 0.361 e. The van der Waals surface area contributed by atoms with Gasteiger partial charge in [-0.2, -0.15) is 9.97 Å². The second kappa shape index (κ2) is 11.3. The molecule has 8 heteroatoms. The Hall–Kier alpha value is -2.48. The number of halogens is 1. The summed E-state index contributed by atoms with van der Waals surface area (Å²) < 4.78 is 13.5. The average molecular weight is 511 g/mol. The molecule has 0 radical (unpaired) electrons. The smallest absolute Gasteiger partial charge is 0.232 e. The lowest BCUT2D eigenvalue weighted by Gasteiger charge is -2.33. The second-order valence-corrected chi connectivity index (χ2v) is 11.3. The van der Waals surface area contributed by atoms with Crippen molar-refractivity contribution in [1.82, 2.24) is 15.3 Å². The Morgan fingerprint density at radius 1 is 0.944 bits per heavy atom. The van der Waals surface area contributed by atoms with Gasteiger partial charge in [0.2, 0.25) is 5.95 Å². The number of rotatable bonds is 6. The van der Waals surface area contributed by atoms with E-state index in [1.807, 2.05) is 12.1 Å². The summed E-state index contributed by atoms with van der Waals surface area (Å²) in [5, 5.41) is 7.29. The van der Waals surface area contributed by atoms with Gasteiger partial charge in [0, 0.05) is 44.2 Å². The molecule has 3 aliphatic rings. The van der Waals surface area contributed by atoms with Crippen LogP contribution in [0, 0.1) is 11.7 Å². The van der Waals surface area contributed by atoms with Crippen LogP contribution in [0.25, 0.3) is 0 Å². The van der Waals surface area contributed by atoms with Crippen LogP contribution in [0.3, 0.4) is 0 Å². The number of nitrogens with one attached hydrogen (secondary N) is 2. The minimum atomic E-state index is -0.193. The van der Waals surface area contributed by atoms with E-state index in [1.165, 1.54) is 50.5 Å². The third kappa shape index (κ3) is 5.90. The van der Waals surface area contributed by atoms with E-state index in [0.29, 0.717) is 17.6 Å². The van der Waals surface area contributed by atoms with Crippen molar-refractivity contribution in [3.63, 3.8) is 0 Å². The predicted octanol–water partition coefficient (Wildman–Crippen LogP) is 5.64. The first-order valence-corrected chi connectivity index (χ1v) is 14.1. The predicted molar refractivity (Wildman–Crippen MR) is 149 cm³/mol. The van der Waals surface area contributed by atoms with Crippen LogP contribution in [0.4, 0.5) is 22.0 Å². The lowest BCUT2D eigenvalue weighted by atomic mass is 9.79. The standard InChI is InChI=1S/C28H39FN6S/c1-21-11-17-35(18-12-21)25-19-24(34-15-5-2-6-16-34)31-26(32-25)33-27(36)30-20-28(13-3-4-14-28)22-7-9-23(29)10-8-22/h7-10,19,21H,2-6,11-18,20H2,1H3,(H2,30,31,32,33,36). The molecular weight excluding hydrogens is 471 g/mol. The molecule has 1 saturated carbocycles. The summed E-state index contributed by atoms with van der Waals surface area (Å²) in [7, 11) is 0. The van der Waals surface area contributed by atoms with E-state index >= 15 is 0 Å². The van der Waals surface area contributed by atoms with Gasteiger partial charge in [0.05, 0.1) is 0 Å². The molecule has 3 fully saturated rings. The highest BCUT2D eigenvalue weighted by Crippen LogP contribution is 2.40. The lowest BCUT2D eigenvalue weighted by Crippen LogP contribution is -2.41. The molecule has 0 atom stereocenters. The highest BCUT2D eigenvalue weighted by molar-refractivity contribution is 7.80. The molecule has 1 aliphatic carbocycles. The van der Waals surface area contributed by atoms with Crippen LogP contribution in [0.15, 0.2) is 30.3 Å². The fourth-order valence-corrected chi connectivity index (χ4v) is 6.14. The van der Waals surface area contributed by atoms with Crippen molar-refractivity contribution >= 4 is 34.9 Å². The molecule has 3 heterocycles. The molecule has 0 spiro atoms. The molecule has 6 nitrogen and oxygen atoms in total. The minimum absolute atomic E-state index is 0.0222. The van der Waals surface area contributed by atoms with Crippen molar-refractivity contribution in [2.45, 2.75) is 70.1 Å². The van der Waals surface area contributed by atoms with E-state index in [4.69, 9.17) is 22.2 Å². The third-order valence-electron chi connectivity index (χ3n) is 8.32. The van der Waals surface area contributed by atoms with Crippen molar-refractivity contribution in [2.75, 3.05) is 47.8 Å². The highest BCUT2D eigenvalue weighted by atomic mass is 32.1. The molecule has 36 heavy (non-hydrogen) atoms. The first kappa shape index (κ1) is 25.2. The maximum Gasteiger partial charge on any atom is 0.232 e. The van der Waals surface area contributed by atoms with Crippen LogP contribution in [0.5, 0.6) is 0 Å². The Labute approximate surface area is 220 Å². The van der Waals surface area contributed by atoms with Gasteiger partial charge in [-0.25, -0.2) is 4.39 Å². The summed E-state index contributed by atoms with van der Waals surface area (Å²) in [6, 6.07) is 9.14. The Balaban J connectivity index is 1.30. The molecule has 1 aromatic carbocycles. The van der Waals surface area contributed by atoms with Crippen molar-refractivity contribution in [2.24, 2.45) is 5.92 Å². The number of hydrogen-bond acceptors (Lipinski definition) is 5. The Kier molecular flexibility index (Phi) is 7.89. The van der Waals surface area contributed by atoms with E-state index in [9.17, 15) is 4.39 Å². The first-order chi connectivity index (χ1) is 17.5. The van der Waals surface area contributed by atoms with Crippen LogP contribution in [-0.2, 0) is 5.41 Å². The summed E-state index contributed by atoms with van der Waals surface area (Å²) in [4.78, 5) is 14.5. The molecule has 194 valence electrons. The van der Waals surface area contributed by atoms with Crippen molar-refractivity contribution in [3.05, 3.63) is 41.7 Å². The Morgan fingerprint density at radius 3 is 2.19 bits per heavy atom. The van der Waals surface area contributed by atoms with Gasteiger partial charge in [-0.15, -0.1) is 0 Å². The summed E-state index contributed by atoms with van der Waals surface area (Å²) in [5.74, 6) is 3.11. The lowest BCUT2D eigenvalue weighted by molar-refractivity contribution is 0.434. The topological polar surface area (TPSA) is 56.3 Å². The van der Waals surface area contributed by atoms with E-state index in [0.717, 1.165) is 56.6 Å². The molecule has 2 N–H and O–H groups in total. The number of thiocarbonyl (C=S) groups is 1. The molecule has 5 rings (SSSR count). The SMILES string of the molecule is CC1CCN(c2cc(N3CCCCC3)nc(NC(=S)NCC3(c4ccc(F)cc4)CCCC3)n2)CC1. The van der Waals surface area contributed by atoms with Gasteiger partial charge in [0.15, 0.2) is 5.11 Å². The molecule has 0 unspecified atom stereocenters. The maximum absolute atomic E-state index is 13.5. The van der Waals surface area contributed by atoms with Gasteiger partial charge >= 0.3 is 0 Å². The molecule has 2 saturated heterocycles. The van der Waals surface area contributed by atoms with Gasteiger partial charge in [-0.05, 0) is 80.8 Å². The van der Waals surface area contributed by atoms with Crippen LogP contribution in [0.1, 0.15) is 70.3 Å². The highest BCUT2D eigenvalue weighted by Gasteiger charge is 2.35.